The molecule has 0 saturated carbocycles. The minimum absolute atomic E-state index is 1.16. The molecule has 4 rings (SSSR count). The Hall–Kier alpha value is -1.60. The summed E-state index contributed by atoms with van der Waals surface area (Å²) in [4.78, 5) is 0. The van der Waals surface area contributed by atoms with Gasteiger partial charge < -0.3 is 0 Å². The van der Waals surface area contributed by atoms with Crippen LogP contribution in [0.25, 0.3) is 21.9 Å². The van der Waals surface area contributed by atoms with Crippen molar-refractivity contribution in [2.45, 2.75) is 12.8 Å². The van der Waals surface area contributed by atoms with Crippen LogP contribution < -0.4 is 0 Å². The molecule has 3 aromatic rings. The molecule has 0 radical (unpaired) electrons. The van der Waals surface area contributed by atoms with Crippen molar-refractivity contribution in [3.8, 4) is 11.1 Å². The Labute approximate surface area is 121 Å². The molecular formula is C18H13Br. The summed E-state index contributed by atoms with van der Waals surface area (Å²) in [6.45, 7) is 0. The van der Waals surface area contributed by atoms with Crippen LogP contribution in [0.15, 0.2) is 59.1 Å². The van der Waals surface area contributed by atoms with Crippen LogP contribution >= 0.6 is 15.9 Å². The number of benzene rings is 3. The summed E-state index contributed by atoms with van der Waals surface area (Å²) in [6.07, 6.45) is 2.48. The van der Waals surface area contributed by atoms with Gasteiger partial charge in [0, 0.05) is 4.47 Å². The van der Waals surface area contributed by atoms with E-state index in [0.29, 0.717) is 0 Å². The fraction of sp³-hybridized carbons (Fsp3) is 0.111. The molecule has 92 valence electrons. The van der Waals surface area contributed by atoms with E-state index in [9.17, 15) is 0 Å². The Bertz CT molecular complexity index is 787. The van der Waals surface area contributed by atoms with Gasteiger partial charge in [0.25, 0.3) is 0 Å². The number of halogens is 1. The summed E-state index contributed by atoms with van der Waals surface area (Å²) in [5, 5.41) is 2.60. The van der Waals surface area contributed by atoms with Gasteiger partial charge in [-0.15, -0.1) is 0 Å². The Balaban J connectivity index is 2.00. The van der Waals surface area contributed by atoms with Gasteiger partial charge in [0.1, 0.15) is 0 Å². The summed E-state index contributed by atoms with van der Waals surface area (Å²) in [7, 11) is 0. The van der Waals surface area contributed by atoms with Gasteiger partial charge in [-0.05, 0) is 51.9 Å². The van der Waals surface area contributed by atoms with Gasteiger partial charge in [0.15, 0.2) is 0 Å². The Kier molecular flexibility index (Phi) is 2.49. The van der Waals surface area contributed by atoms with Crippen molar-refractivity contribution in [2.75, 3.05) is 0 Å². The van der Waals surface area contributed by atoms with E-state index >= 15 is 0 Å². The summed E-state index contributed by atoms with van der Waals surface area (Å²) in [5.41, 5.74) is 5.70. The van der Waals surface area contributed by atoms with Crippen LogP contribution in [-0.4, -0.2) is 0 Å². The van der Waals surface area contributed by atoms with Crippen LogP contribution in [0.4, 0.5) is 0 Å². The Morgan fingerprint density at radius 2 is 1.53 bits per heavy atom. The van der Waals surface area contributed by atoms with Crippen molar-refractivity contribution in [1.82, 2.24) is 0 Å². The van der Waals surface area contributed by atoms with Crippen molar-refractivity contribution >= 4 is 26.7 Å². The first-order chi connectivity index (χ1) is 9.33. The summed E-state index contributed by atoms with van der Waals surface area (Å²) >= 11 is 3.64. The quantitative estimate of drug-likeness (QED) is 0.567. The lowest BCUT2D eigenvalue weighted by Gasteiger charge is -2.20. The summed E-state index contributed by atoms with van der Waals surface area (Å²) in [5.74, 6) is 0. The molecule has 0 saturated heterocycles. The maximum atomic E-state index is 3.64. The minimum Gasteiger partial charge on any atom is -0.0616 e. The Morgan fingerprint density at radius 3 is 2.26 bits per heavy atom. The van der Waals surface area contributed by atoms with Crippen molar-refractivity contribution in [2.24, 2.45) is 0 Å². The first-order valence-corrected chi connectivity index (χ1v) is 7.42. The lowest BCUT2D eigenvalue weighted by Crippen LogP contribution is -2.07. The van der Waals surface area contributed by atoms with Gasteiger partial charge in [0.05, 0.1) is 0 Å². The maximum absolute atomic E-state index is 3.64. The molecule has 0 aromatic heterocycles. The van der Waals surface area contributed by atoms with Crippen molar-refractivity contribution < 1.29 is 0 Å². The van der Waals surface area contributed by atoms with Gasteiger partial charge >= 0.3 is 0 Å². The highest BCUT2D eigenvalue weighted by Gasteiger charge is 2.14. The lowest BCUT2D eigenvalue weighted by molar-refractivity contribution is 0.840. The molecule has 0 nitrogen and oxygen atoms in total. The average molecular weight is 309 g/mol. The second kappa shape index (κ2) is 4.21. The molecule has 0 amide bonds. The number of fused-ring (bicyclic) bond motifs is 2. The molecule has 0 heterocycles. The molecule has 3 aromatic carbocycles. The Morgan fingerprint density at radius 1 is 0.737 bits per heavy atom. The molecule has 19 heavy (non-hydrogen) atoms. The molecule has 0 bridgehead atoms. The van der Waals surface area contributed by atoms with E-state index < -0.39 is 0 Å². The molecular weight excluding hydrogens is 296 g/mol. The highest BCUT2D eigenvalue weighted by molar-refractivity contribution is 9.10. The van der Waals surface area contributed by atoms with Crippen molar-refractivity contribution in [3.05, 3.63) is 70.2 Å². The maximum Gasteiger partial charge on any atom is 0.0254 e. The summed E-state index contributed by atoms with van der Waals surface area (Å²) < 4.78 is 1.16. The monoisotopic (exact) mass is 308 g/mol. The first-order valence-electron chi connectivity index (χ1n) is 6.62. The van der Waals surface area contributed by atoms with E-state index in [1.807, 2.05) is 0 Å². The molecule has 0 atom stereocenters. The smallest absolute Gasteiger partial charge is 0.0254 e. The zero-order chi connectivity index (χ0) is 12.8. The van der Waals surface area contributed by atoms with E-state index in [2.05, 4.69) is 70.5 Å². The van der Waals surface area contributed by atoms with Crippen LogP contribution in [0.3, 0.4) is 0 Å². The first kappa shape index (κ1) is 11.2. The number of aryl methyl sites for hydroxylation is 2. The zero-order valence-corrected chi connectivity index (χ0v) is 12.1. The van der Waals surface area contributed by atoms with E-state index in [0.717, 1.165) is 4.47 Å². The van der Waals surface area contributed by atoms with Crippen molar-refractivity contribution in [3.63, 3.8) is 0 Å². The predicted molar refractivity (Wildman–Crippen MR) is 84.5 cm³/mol. The molecule has 1 aliphatic carbocycles. The van der Waals surface area contributed by atoms with Gasteiger partial charge in [0.2, 0.25) is 0 Å². The molecule has 0 fully saturated rings. The second-order valence-corrected chi connectivity index (χ2v) is 5.98. The molecule has 1 heteroatoms. The van der Waals surface area contributed by atoms with Crippen LogP contribution in [0.2, 0.25) is 0 Å². The topological polar surface area (TPSA) is 0 Å². The highest BCUT2D eigenvalue weighted by Crippen LogP contribution is 2.35. The van der Waals surface area contributed by atoms with Gasteiger partial charge in [-0.3, -0.25) is 0 Å². The molecule has 0 spiro atoms. The highest BCUT2D eigenvalue weighted by atomic mass is 79.9. The molecule has 0 unspecified atom stereocenters. The average Bonchev–Trinajstić information content (AvgIpc) is 2.42. The van der Waals surface area contributed by atoms with E-state index in [4.69, 9.17) is 0 Å². The van der Waals surface area contributed by atoms with Crippen LogP contribution in [0.1, 0.15) is 11.1 Å². The summed E-state index contributed by atoms with van der Waals surface area (Å²) in [6, 6.07) is 19.8. The van der Waals surface area contributed by atoms with Crippen LogP contribution in [0, 0.1) is 0 Å². The SMILES string of the molecule is Brc1ccc(-c2ccc3c(c2)CC3)c2ccccc12. The lowest BCUT2D eigenvalue weighted by atomic mass is 9.85. The van der Waals surface area contributed by atoms with Crippen LogP contribution in [0.5, 0.6) is 0 Å². The standard InChI is InChI=1S/C18H13Br/c19-18-10-9-15(16-3-1-2-4-17(16)18)14-8-6-12-5-7-13(12)11-14/h1-4,6,8-11H,5,7H2. The molecule has 0 N–H and O–H groups in total. The number of rotatable bonds is 1. The largest absolute Gasteiger partial charge is 0.0616 e. The fourth-order valence-corrected chi connectivity index (χ4v) is 3.35. The third-order valence-electron chi connectivity index (χ3n) is 4.05. The van der Waals surface area contributed by atoms with Gasteiger partial charge in [-0.1, -0.05) is 64.5 Å². The predicted octanol–water partition coefficient (Wildman–Crippen LogP) is 5.37. The number of hydrogen-bond acceptors (Lipinski definition) is 0. The van der Waals surface area contributed by atoms with E-state index in [1.54, 1.807) is 0 Å². The van der Waals surface area contributed by atoms with E-state index in [1.165, 1.54) is 45.9 Å². The molecule has 0 aliphatic heterocycles. The fourth-order valence-electron chi connectivity index (χ4n) is 2.88. The second-order valence-electron chi connectivity index (χ2n) is 5.12. The van der Waals surface area contributed by atoms with Crippen molar-refractivity contribution in [1.29, 1.82) is 0 Å². The molecule has 1 aliphatic rings. The number of hydrogen-bond donors (Lipinski definition) is 0. The van der Waals surface area contributed by atoms with Gasteiger partial charge in [-0.2, -0.15) is 0 Å². The minimum atomic E-state index is 1.16. The normalized spacial score (nSPS) is 13.1. The third-order valence-corrected chi connectivity index (χ3v) is 4.74. The van der Waals surface area contributed by atoms with E-state index in [-0.39, 0.29) is 0 Å². The van der Waals surface area contributed by atoms with Crippen LogP contribution in [-0.2, 0) is 12.8 Å². The third kappa shape index (κ3) is 1.73. The zero-order valence-electron chi connectivity index (χ0n) is 10.5. The van der Waals surface area contributed by atoms with Gasteiger partial charge in [-0.25, -0.2) is 0 Å².